The van der Waals surface area contributed by atoms with Crippen molar-refractivity contribution in [3.05, 3.63) is 33.1 Å². The van der Waals surface area contributed by atoms with E-state index in [1.165, 1.54) is 0 Å². The topological polar surface area (TPSA) is 303 Å². The number of phosphoric acid groups is 2. The Kier molecular flexibility index (Phi) is 9.05. The average Bonchev–Trinajstić information content (AvgIpc) is 3.06. The van der Waals surface area contributed by atoms with Gasteiger partial charge >= 0.3 is 21.3 Å². The van der Waals surface area contributed by atoms with Gasteiger partial charge in [0, 0.05) is 12.3 Å². The highest BCUT2D eigenvalue weighted by Gasteiger charge is 2.49. The maximum atomic E-state index is 12.2. The lowest BCUT2D eigenvalue weighted by Crippen LogP contribution is -2.62. The molecule has 0 amide bonds. The van der Waals surface area contributed by atoms with Crippen LogP contribution in [0.3, 0.4) is 0 Å². The summed E-state index contributed by atoms with van der Waals surface area (Å²) in [6.45, 7) is -1.83. The van der Waals surface area contributed by atoms with Crippen LogP contribution < -0.4 is 17.0 Å². The highest BCUT2D eigenvalue weighted by molar-refractivity contribution is 7.61. The number of ether oxygens (including phenoxy) is 2. The maximum Gasteiger partial charge on any atom is 0.483 e. The highest BCUT2D eigenvalue weighted by Crippen LogP contribution is 2.61. The first kappa shape index (κ1) is 29.2. The average molecular weight is 565 g/mol. The van der Waals surface area contributed by atoms with Crippen LogP contribution in [0.4, 0.5) is 0 Å². The van der Waals surface area contributed by atoms with E-state index in [0.29, 0.717) is 0 Å². The first-order valence-corrected chi connectivity index (χ1v) is 13.1. The molecule has 0 bridgehead atoms. The summed E-state index contributed by atoms with van der Waals surface area (Å²) in [4.78, 5) is 44.6. The summed E-state index contributed by atoms with van der Waals surface area (Å²) in [7, 11) is -11.0. The zero-order valence-corrected chi connectivity index (χ0v) is 19.8. The molecule has 0 aliphatic carbocycles. The summed E-state index contributed by atoms with van der Waals surface area (Å²) in [5.41, 5.74) is 3.80. The van der Waals surface area contributed by atoms with Crippen LogP contribution in [-0.2, 0) is 32.0 Å². The number of hydrogen-bond acceptors (Lipinski definition) is 15. The molecule has 3 rings (SSSR count). The van der Waals surface area contributed by atoms with Crippen molar-refractivity contribution in [1.29, 1.82) is 0 Å². The van der Waals surface area contributed by atoms with Crippen LogP contribution in [-0.4, -0.2) is 107 Å². The van der Waals surface area contributed by atoms with E-state index in [2.05, 4.69) is 13.4 Å². The van der Waals surface area contributed by atoms with Gasteiger partial charge in [0.15, 0.2) is 12.5 Å². The van der Waals surface area contributed by atoms with Crippen LogP contribution in [0, 0.1) is 0 Å². The summed E-state index contributed by atoms with van der Waals surface area (Å²) >= 11 is 0. The van der Waals surface area contributed by atoms with Gasteiger partial charge in [-0.25, -0.2) is 13.9 Å². The number of phosphoric ester groups is 2. The number of H-pyrrole nitrogens is 1. The fourth-order valence-electron chi connectivity index (χ4n) is 3.40. The highest BCUT2D eigenvalue weighted by atomic mass is 31.3. The van der Waals surface area contributed by atoms with Crippen molar-refractivity contribution in [3.8, 4) is 0 Å². The molecule has 1 aromatic rings. The van der Waals surface area contributed by atoms with Crippen molar-refractivity contribution in [1.82, 2.24) is 9.55 Å². The number of aliphatic hydroxyl groups excluding tert-OH is 5. The van der Waals surface area contributed by atoms with Crippen LogP contribution in [0.1, 0.15) is 6.23 Å². The predicted molar refractivity (Wildman–Crippen MR) is 111 cm³/mol. The molecule has 10 N–H and O–H groups in total. The van der Waals surface area contributed by atoms with Crippen molar-refractivity contribution in [2.75, 3.05) is 13.2 Å². The summed E-state index contributed by atoms with van der Waals surface area (Å²) in [5.74, 6) is 0. The number of nitrogens with one attached hydrogen (secondary N) is 1. The van der Waals surface area contributed by atoms with Gasteiger partial charge in [-0.3, -0.25) is 23.4 Å². The molecule has 0 spiro atoms. The zero-order valence-electron chi connectivity index (χ0n) is 18.0. The second-order valence-corrected chi connectivity index (χ2v) is 10.8. The molecule has 11 atom stereocenters. The Morgan fingerprint density at radius 2 is 1.67 bits per heavy atom. The Morgan fingerprint density at radius 1 is 1.00 bits per heavy atom. The van der Waals surface area contributed by atoms with Crippen LogP contribution in [0.5, 0.6) is 0 Å². The molecule has 2 aliphatic rings. The van der Waals surface area contributed by atoms with Gasteiger partial charge in [-0.05, 0) is 0 Å². The quantitative estimate of drug-likeness (QED) is 0.127. The summed E-state index contributed by atoms with van der Waals surface area (Å²) in [6, 6.07) is -0.556. The molecule has 36 heavy (non-hydrogen) atoms. The lowest BCUT2D eigenvalue weighted by molar-refractivity contribution is -0.251. The zero-order chi connectivity index (χ0) is 27.0. The third-order valence-electron chi connectivity index (χ3n) is 5.25. The number of nitrogens with two attached hydrogens (primary N) is 1. The van der Waals surface area contributed by atoms with Gasteiger partial charge in [-0.1, -0.05) is 0 Å². The molecule has 0 radical (unpaired) electrons. The van der Waals surface area contributed by atoms with Crippen molar-refractivity contribution in [3.63, 3.8) is 0 Å². The van der Waals surface area contributed by atoms with Gasteiger partial charge in [0.2, 0.25) is 0 Å². The fourth-order valence-corrected chi connectivity index (χ4v) is 5.56. The lowest BCUT2D eigenvalue weighted by atomic mass is 9.97. The van der Waals surface area contributed by atoms with E-state index in [1.54, 1.807) is 0 Å². The Bertz CT molecular complexity index is 1130. The van der Waals surface area contributed by atoms with Crippen LogP contribution in [0.15, 0.2) is 21.9 Å². The van der Waals surface area contributed by atoms with Crippen LogP contribution in [0.25, 0.3) is 0 Å². The smallest absolute Gasteiger partial charge is 0.394 e. The monoisotopic (exact) mass is 565 g/mol. The van der Waals surface area contributed by atoms with Crippen molar-refractivity contribution < 1.29 is 67.3 Å². The molecular formula is C15H25N3O16P2. The predicted octanol–water partition coefficient (Wildman–Crippen LogP) is -4.83. The standard InChI is InChI=1S/C15H25N3O16P2/c16-8-9(21)5(3-19)32-14(11(8)23)33-36(28,29)34-35(26,27)30-4-6-10(22)12(24)13(31-6)18-2-1-7(20)17-15(18)25/h1-2,5-6,8-14,19,21-24H,3-4,16H2,(H,26,27)(H,28,29)(H,17,20,25)/t5-,6-,8+,9-,10-,11-,12-,13-,14?/m1/s1. The van der Waals surface area contributed by atoms with E-state index in [1.807, 2.05) is 4.98 Å². The number of aromatic nitrogens is 2. The van der Waals surface area contributed by atoms with E-state index < -0.39 is 95.3 Å². The summed E-state index contributed by atoms with van der Waals surface area (Å²) < 4.78 is 48.4. The van der Waals surface area contributed by atoms with Crippen molar-refractivity contribution in [2.45, 2.75) is 55.2 Å². The second-order valence-electron chi connectivity index (χ2n) is 7.77. The van der Waals surface area contributed by atoms with Gasteiger partial charge in [-0.2, -0.15) is 4.31 Å². The molecule has 0 aromatic carbocycles. The van der Waals surface area contributed by atoms with Gasteiger partial charge in [-0.15, -0.1) is 0 Å². The molecule has 21 heteroatoms. The van der Waals surface area contributed by atoms with E-state index >= 15 is 0 Å². The first-order valence-electron chi connectivity index (χ1n) is 10.1. The minimum Gasteiger partial charge on any atom is -0.394 e. The Balaban J connectivity index is 1.61. The van der Waals surface area contributed by atoms with Crippen LogP contribution >= 0.6 is 15.6 Å². The molecule has 19 nitrogen and oxygen atoms in total. The molecule has 2 saturated heterocycles. The van der Waals surface area contributed by atoms with Gasteiger partial charge in [0.1, 0.15) is 36.6 Å². The number of aliphatic hydroxyl groups is 5. The number of nitrogens with zero attached hydrogens (tertiary/aromatic N) is 1. The maximum absolute atomic E-state index is 12.2. The van der Waals surface area contributed by atoms with Crippen molar-refractivity contribution in [2.24, 2.45) is 5.73 Å². The molecule has 3 heterocycles. The molecule has 206 valence electrons. The molecule has 0 saturated carbocycles. The first-order chi connectivity index (χ1) is 16.7. The molecule has 2 fully saturated rings. The molecule has 1 aromatic heterocycles. The lowest BCUT2D eigenvalue weighted by Gasteiger charge is -2.40. The number of hydrogen-bond donors (Lipinski definition) is 9. The largest absolute Gasteiger partial charge is 0.483 e. The summed E-state index contributed by atoms with van der Waals surface area (Å²) in [5, 5.41) is 49.2. The van der Waals surface area contributed by atoms with Crippen molar-refractivity contribution >= 4 is 15.6 Å². The minimum atomic E-state index is -5.54. The van der Waals surface area contributed by atoms with E-state index in [0.717, 1.165) is 16.8 Å². The number of aromatic amines is 1. The van der Waals surface area contributed by atoms with Crippen LogP contribution in [0.2, 0.25) is 0 Å². The number of rotatable bonds is 9. The SMILES string of the molecule is N[C@H]1[C@H](O)[C@@H](CO)OC(OP(=O)(O)OP(=O)(O)OC[C@H]2O[C@@H](n3ccc(=O)[nH]c3=O)[C@H](O)[C@@H]2O)[C@@H]1O. The summed E-state index contributed by atoms with van der Waals surface area (Å²) in [6.07, 6.45) is -12.6. The second kappa shape index (κ2) is 11.2. The molecule has 3 unspecified atom stereocenters. The van der Waals surface area contributed by atoms with E-state index in [9.17, 15) is 54.0 Å². The Morgan fingerprint density at radius 3 is 2.28 bits per heavy atom. The van der Waals surface area contributed by atoms with Gasteiger partial charge < -0.3 is 50.5 Å². The molecule has 2 aliphatic heterocycles. The third-order valence-corrected chi connectivity index (χ3v) is 7.85. The Labute approximate surface area is 200 Å². The fraction of sp³-hybridized carbons (Fsp3) is 0.733. The van der Waals surface area contributed by atoms with E-state index in [4.69, 9.17) is 15.2 Å². The molecular weight excluding hydrogens is 540 g/mol. The van der Waals surface area contributed by atoms with Gasteiger partial charge in [0.05, 0.1) is 19.3 Å². The van der Waals surface area contributed by atoms with E-state index in [-0.39, 0.29) is 0 Å². The Hall–Kier alpha value is -1.38. The minimum absolute atomic E-state index is 0.733. The normalized spacial score (nSPS) is 38.4. The third kappa shape index (κ3) is 6.54. The van der Waals surface area contributed by atoms with Gasteiger partial charge in [0.25, 0.3) is 5.56 Å².